The van der Waals surface area contributed by atoms with Crippen LogP contribution in [0.1, 0.15) is 32.3 Å². The zero-order valence-corrected chi connectivity index (χ0v) is 11.9. The van der Waals surface area contributed by atoms with E-state index < -0.39 is 7.12 Å². The standard InChI is InChI=1S/C14H23BO4/c1-11(2)5-4-8-19-10-12-9-13(18-3)6-7-14(12)15(16)17/h6-7,9,11,16-17H,4-5,8,10H2,1-3H3. The summed E-state index contributed by atoms with van der Waals surface area (Å²) in [5, 5.41) is 18.6. The van der Waals surface area contributed by atoms with Crippen LogP contribution in [0.5, 0.6) is 5.75 Å². The Balaban J connectivity index is 2.55. The molecule has 0 aromatic heterocycles. The Labute approximate surface area is 115 Å². The van der Waals surface area contributed by atoms with Gasteiger partial charge in [0, 0.05) is 6.61 Å². The summed E-state index contributed by atoms with van der Waals surface area (Å²) in [7, 11) is 0.0951. The van der Waals surface area contributed by atoms with Crippen LogP contribution in [-0.2, 0) is 11.3 Å². The average Bonchev–Trinajstić information content (AvgIpc) is 2.37. The van der Waals surface area contributed by atoms with Gasteiger partial charge in [0.25, 0.3) is 0 Å². The van der Waals surface area contributed by atoms with Gasteiger partial charge in [0.2, 0.25) is 0 Å². The van der Waals surface area contributed by atoms with Gasteiger partial charge in [-0.1, -0.05) is 19.9 Å². The van der Waals surface area contributed by atoms with Crippen molar-refractivity contribution in [3.8, 4) is 5.75 Å². The molecule has 0 aliphatic carbocycles. The Bertz CT molecular complexity index is 380. The molecule has 0 unspecified atom stereocenters. The highest BCUT2D eigenvalue weighted by Crippen LogP contribution is 2.13. The Morgan fingerprint density at radius 1 is 1.26 bits per heavy atom. The fourth-order valence-electron chi connectivity index (χ4n) is 1.86. The first kappa shape index (κ1) is 16.0. The minimum Gasteiger partial charge on any atom is -0.497 e. The molecule has 0 aliphatic rings. The smallest absolute Gasteiger partial charge is 0.488 e. The van der Waals surface area contributed by atoms with Crippen LogP contribution >= 0.6 is 0 Å². The molecule has 0 saturated heterocycles. The summed E-state index contributed by atoms with van der Waals surface area (Å²) in [6.07, 6.45) is 2.15. The topological polar surface area (TPSA) is 58.9 Å². The largest absolute Gasteiger partial charge is 0.497 e. The predicted octanol–water partition coefficient (Wildman–Crippen LogP) is 1.33. The second-order valence-electron chi connectivity index (χ2n) is 5.03. The molecule has 0 radical (unpaired) electrons. The molecule has 5 heteroatoms. The normalized spacial score (nSPS) is 10.8. The van der Waals surface area contributed by atoms with Gasteiger partial charge in [-0.3, -0.25) is 0 Å². The third-order valence-electron chi connectivity index (χ3n) is 2.96. The molecule has 0 atom stereocenters. The fourth-order valence-corrected chi connectivity index (χ4v) is 1.86. The lowest BCUT2D eigenvalue weighted by Crippen LogP contribution is -2.33. The maximum atomic E-state index is 9.30. The monoisotopic (exact) mass is 266 g/mol. The molecule has 0 bridgehead atoms. The van der Waals surface area contributed by atoms with Crippen molar-refractivity contribution >= 4 is 12.6 Å². The summed E-state index contributed by atoms with van der Waals surface area (Å²) in [4.78, 5) is 0. The van der Waals surface area contributed by atoms with Crippen molar-refractivity contribution in [2.75, 3.05) is 13.7 Å². The summed E-state index contributed by atoms with van der Waals surface area (Å²) in [5.74, 6) is 1.36. The highest BCUT2D eigenvalue weighted by atomic mass is 16.5. The summed E-state index contributed by atoms with van der Waals surface area (Å²) in [5.41, 5.74) is 1.21. The van der Waals surface area contributed by atoms with Crippen LogP contribution in [-0.4, -0.2) is 30.9 Å². The lowest BCUT2D eigenvalue weighted by molar-refractivity contribution is 0.115. The molecule has 1 aromatic carbocycles. The Hall–Kier alpha value is -1.04. The molecular formula is C14H23BO4. The van der Waals surface area contributed by atoms with Gasteiger partial charge in [0.15, 0.2) is 0 Å². The number of hydrogen-bond acceptors (Lipinski definition) is 4. The molecule has 2 N–H and O–H groups in total. The van der Waals surface area contributed by atoms with Crippen molar-refractivity contribution in [1.82, 2.24) is 0 Å². The molecule has 0 amide bonds. The summed E-state index contributed by atoms with van der Waals surface area (Å²) in [6.45, 7) is 5.41. The molecule has 1 rings (SSSR count). The van der Waals surface area contributed by atoms with E-state index in [9.17, 15) is 10.0 Å². The van der Waals surface area contributed by atoms with Crippen molar-refractivity contribution in [2.24, 2.45) is 5.92 Å². The molecule has 0 spiro atoms. The van der Waals surface area contributed by atoms with E-state index in [0.29, 0.717) is 30.3 Å². The number of hydrogen-bond donors (Lipinski definition) is 2. The zero-order valence-electron chi connectivity index (χ0n) is 11.9. The Kier molecular flexibility index (Phi) is 6.91. The molecule has 106 valence electrons. The van der Waals surface area contributed by atoms with Gasteiger partial charge in [0.1, 0.15) is 5.75 Å². The van der Waals surface area contributed by atoms with Crippen molar-refractivity contribution < 1.29 is 19.5 Å². The lowest BCUT2D eigenvalue weighted by atomic mass is 9.77. The van der Waals surface area contributed by atoms with E-state index in [1.165, 1.54) is 0 Å². The average molecular weight is 266 g/mol. The van der Waals surface area contributed by atoms with Gasteiger partial charge in [0.05, 0.1) is 13.7 Å². The molecule has 0 fully saturated rings. The SMILES string of the molecule is COc1ccc(B(O)O)c(COCCCC(C)C)c1. The second-order valence-corrected chi connectivity index (χ2v) is 5.03. The van der Waals surface area contributed by atoms with E-state index >= 15 is 0 Å². The zero-order chi connectivity index (χ0) is 14.3. The third-order valence-corrected chi connectivity index (χ3v) is 2.96. The molecule has 0 aliphatic heterocycles. The number of benzene rings is 1. The highest BCUT2D eigenvalue weighted by molar-refractivity contribution is 6.59. The Morgan fingerprint density at radius 3 is 2.58 bits per heavy atom. The van der Waals surface area contributed by atoms with Crippen LogP contribution in [0.25, 0.3) is 0 Å². The van der Waals surface area contributed by atoms with Crippen LogP contribution in [0.2, 0.25) is 0 Å². The molecule has 19 heavy (non-hydrogen) atoms. The Morgan fingerprint density at radius 2 is 2.00 bits per heavy atom. The van der Waals surface area contributed by atoms with Crippen LogP contribution in [0.4, 0.5) is 0 Å². The van der Waals surface area contributed by atoms with E-state index in [-0.39, 0.29) is 0 Å². The third kappa shape index (κ3) is 5.64. The minimum atomic E-state index is -1.49. The molecule has 4 nitrogen and oxygen atoms in total. The van der Waals surface area contributed by atoms with Gasteiger partial charge < -0.3 is 19.5 Å². The van der Waals surface area contributed by atoms with Gasteiger partial charge in [-0.05, 0) is 41.9 Å². The van der Waals surface area contributed by atoms with E-state index in [1.807, 2.05) is 0 Å². The van der Waals surface area contributed by atoms with Crippen LogP contribution < -0.4 is 10.2 Å². The first-order chi connectivity index (χ1) is 9.04. The van der Waals surface area contributed by atoms with Gasteiger partial charge in [-0.25, -0.2) is 0 Å². The quantitative estimate of drug-likeness (QED) is 0.550. The van der Waals surface area contributed by atoms with E-state index in [2.05, 4.69) is 13.8 Å². The maximum Gasteiger partial charge on any atom is 0.488 e. The van der Waals surface area contributed by atoms with Crippen LogP contribution in [0.15, 0.2) is 18.2 Å². The fraction of sp³-hybridized carbons (Fsp3) is 0.571. The molecule has 0 saturated carbocycles. The lowest BCUT2D eigenvalue weighted by Gasteiger charge is -2.12. The molecule has 1 aromatic rings. The van der Waals surface area contributed by atoms with Gasteiger partial charge in [-0.2, -0.15) is 0 Å². The molecule has 0 heterocycles. The summed E-state index contributed by atoms with van der Waals surface area (Å²) in [6, 6.07) is 5.13. The van der Waals surface area contributed by atoms with Crippen molar-refractivity contribution in [3.63, 3.8) is 0 Å². The highest BCUT2D eigenvalue weighted by Gasteiger charge is 2.16. The van der Waals surface area contributed by atoms with E-state index in [4.69, 9.17) is 9.47 Å². The van der Waals surface area contributed by atoms with Gasteiger partial charge >= 0.3 is 7.12 Å². The van der Waals surface area contributed by atoms with Crippen molar-refractivity contribution in [3.05, 3.63) is 23.8 Å². The van der Waals surface area contributed by atoms with Gasteiger partial charge in [-0.15, -0.1) is 0 Å². The predicted molar refractivity (Wildman–Crippen MR) is 76.5 cm³/mol. The maximum absolute atomic E-state index is 9.30. The van der Waals surface area contributed by atoms with E-state index in [0.717, 1.165) is 18.4 Å². The molecular weight excluding hydrogens is 243 g/mol. The summed E-state index contributed by atoms with van der Waals surface area (Å²) >= 11 is 0. The van der Waals surface area contributed by atoms with Crippen LogP contribution in [0.3, 0.4) is 0 Å². The van der Waals surface area contributed by atoms with E-state index in [1.54, 1.807) is 25.3 Å². The number of rotatable bonds is 8. The first-order valence-electron chi connectivity index (χ1n) is 6.65. The first-order valence-corrected chi connectivity index (χ1v) is 6.65. The second kappa shape index (κ2) is 8.20. The number of methoxy groups -OCH3 is 1. The minimum absolute atomic E-state index is 0.363. The van der Waals surface area contributed by atoms with Crippen LogP contribution in [0, 0.1) is 5.92 Å². The number of ether oxygens (including phenoxy) is 2. The summed E-state index contributed by atoms with van der Waals surface area (Å²) < 4.78 is 10.7. The van der Waals surface area contributed by atoms with Crippen molar-refractivity contribution in [1.29, 1.82) is 0 Å². The van der Waals surface area contributed by atoms with Crippen molar-refractivity contribution in [2.45, 2.75) is 33.3 Å².